The molecule has 2 nitrogen and oxygen atoms in total. The molecule has 1 aliphatic carbocycles. The summed E-state index contributed by atoms with van der Waals surface area (Å²) in [5, 5.41) is 0. The van der Waals surface area contributed by atoms with Gasteiger partial charge in [-0.25, -0.2) is 4.79 Å². The van der Waals surface area contributed by atoms with Crippen LogP contribution in [0.4, 0.5) is 0 Å². The van der Waals surface area contributed by atoms with Crippen LogP contribution in [-0.4, -0.2) is 12.6 Å². The fourth-order valence-corrected chi connectivity index (χ4v) is 1.84. The van der Waals surface area contributed by atoms with E-state index in [0.29, 0.717) is 18.1 Å². The van der Waals surface area contributed by atoms with Crippen LogP contribution in [0, 0.1) is 5.92 Å². The highest BCUT2D eigenvalue weighted by molar-refractivity contribution is 9.10. The quantitative estimate of drug-likeness (QED) is 0.682. The minimum atomic E-state index is -0.273. The van der Waals surface area contributed by atoms with Crippen molar-refractivity contribution < 1.29 is 9.53 Å². The maximum atomic E-state index is 11.7. The summed E-state index contributed by atoms with van der Waals surface area (Å²) in [4.78, 5) is 12.4. The van der Waals surface area contributed by atoms with Gasteiger partial charge in [-0.15, -0.1) is 12.6 Å². The van der Waals surface area contributed by atoms with Crippen molar-refractivity contribution in [3.8, 4) is 0 Å². The molecule has 0 radical (unpaired) electrons. The van der Waals surface area contributed by atoms with E-state index < -0.39 is 0 Å². The average molecular weight is 287 g/mol. The molecule has 0 heterocycles. The number of hydrogen-bond acceptors (Lipinski definition) is 3. The molecule has 1 fully saturated rings. The maximum absolute atomic E-state index is 11.7. The van der Waals surface area contributed by atoms with Crippen molar-refractivity contribution in [3.05, 3.63) is 28.2 Å². The monoisotopic (exact) mass is 286 g/mol. The highest BCUT2D eigenvalue weighted by Gasteiger charge is 2.23. The summed E-state index contributed by atoms with van der Waals surface area (Å²) in [7, 11) is 0. The van der Waals surface area contributed by atoms with Gasteiger partial charge >= 0.3 is 5.97 Å². The van der Waals surface area contributed by atoms with Gasteiger partial charge in [-0.2, -0.15) is 0 Å². The lowest BCUT2D eigenvalue weighted by molar-refractivity contribution is 0.0485. The molecule has 0 atom stereocenters. The van der Waals surface area contributed by atoms with Crippen molar-refractivity contribution >= 4 is 34.5 Å². The van der Waals surface area contributed by atoms with Crippen molar-refractivity contribution in [2.45, 2.75) is 17.7 Å². The standard InChI is InChI=1S/C11H11BrO2S/c12-10-4-3-8(15)5-9(10)11(13)14-6-7-1-2-7/h3-5,7,15H,1-2,6H2. The van der Waals surface area contributed by atoms with Gasteiger partial charge in [-0.05, 0) is 52.9 Å². The lowest BCUT2D eigenvalue weighted by atomic mass is 10.2. The van der Waals surface area contributed by atoms with Gasteiger partial charge in [0.2, 0.25) is 0 Å². The Labute approximate surface area is 103 Å². The number of rotatable bonds is 3. The number of esters is 1. The third kappa shape index (κ3) is 2.98. The molecule has 0 unspecified atom stereocenters. The van der Waals surface area contributed by atoms with Crippen LogP contribution in [-0.2, 0) is 4.74 Å². The minimum absolute atomic E-state index is 0.273. The van der Waals surface area contributed by atoms with Crippen LogP contribution in [0.1, 0.15) is 23.2 Å². The first kappa shape index (κ1) is 11.0. The molecular formula is C11H11BrO2S. The average Bonchev–Trinajstić information content (AvgIpc) is 3.02. The number of ether oxygens (including phenoxy) is 1. The van der Waals surface area contributed by atoms with Gasteiger partial charge in [-0.3, -0.25) is 0 Å². The second-order valence-corrected chi connectivity index (χ2v) is 5.08. The highest BCUT2D eigenvalue weighted by atomic mass is 79.9. The van der Waals surface area contributed by atoms with Crippen LogP contribution in [0.3, 0.4) is 0 Å². The van der Waals surface area contributed by atoms with Gasteiger partial charge in [0.1, 0.15) is 0 Å². The molecule has 0 N–H and O–H groups in total. The van der Waals surface area contributed by atoms with E-state index in [-0.39, 0.29) is 5.97 Å². The molecule has 2 rings (SSSR count). The number of carbonyl (C=O) groups is 1. The summed E-state index contributed by atoms with van der Waals surface area (Å²) in [5.41, 5.74) is 0.545. The number of halogens is 1. The topological polar surface area (TPSA) is 26.3 Å². The molecule has 80 valence electrons. The zero-order chi connectivity index (χ0) is 10.8. The van der Waals surface area contributed by atoms with Crippen LogP contribution >= 0.6 is 28.6 Å². The SMILES string of the molecule is O=C(OCC1CC1)c1cc(S)ccc1Br. The first-order valence-electron chi connectivity index (χ1n) is 4.82. The summed E-state index contributed by atoms with van der Waals surface area (Å²) < 4.78 is 5.94. The number of hydrogen-bond donors (Lipinski definition) is 1. The largest absolute Gasteiger partial charge is 0.462 e. The Balaban J connectivity index is 2.05. The molecular weight excluding hydrogens is 276 g/mol. The zero-order valence-corrected chi connectivity index (χ0v) is 10.6. The molecule has 4 heteroatoms. The highest BCUT2D eigenvalue weighted by Crippen LogP contribution is 2.29. The zero-order valence-electron chi connectivity index (χ0n) is 8.07. The second kappa shape index (κ2) is 4.58. The van der Waals surface area contributed by atoms with Crippen molar-refractivity contribution in [1.29, 1.82) is 0 Å². The van der Waals surface area contributed by atoms with Gasteiger partial charge < -0.3 is 4.74 Å². The van der Waals surface area contributed by atoms with Crippen molar-refractivity contribution in [2.24, 2.45) is 5.92 Å². The molecule has 0 bridgehead atoms. The van der Waals surface area contributed by atoms with E-state index in [1.807, 2.05) is 6.07 Å². The van der Waals surface area contributed by atoms with Gasteiger partial charge in [0, 0.05) is 9.37 Å². The van der Waals surface area contributed by atoms with E-state index >= 15 is 0 Å². The third-order valence-corrected chi connectivity index (χ3v) is 3.29. The van der Waals surface area contributed by atoms with E-state index in [1.165, 1.54) is 12.8 Å². The molecule has 0 spiro atoms. The summed E-state index contributed by atoms with van der Waals surface area (Å²) in [5.74, 6) is 0.316. The van der Waals surface area contributed by atoms with Gasteiger partial charge in [0.05, 0.1) is 12.2 Å². The second-order valence-electron chi connectivity index (χ2n) is 3.71. The molecule has 1 aromatic carbocycles. The van der Waals surface area contributed by atoms with Gasteiger partial charge in [-0.1, -0.05) is 0 Å². The van der Waals surface area contributed by atoms with Gasteiger partial charge in [0.15, 0.2) is 0 Å². The fraction of sp³-hybridized carbons (Fsp3) is 0.364. The summed E-state index contributed by atoms with van der Waals surface area (Å²) in [6.07, 6.45) is 2.36. The summed E-state index contributed by atoms with van der Waals surface area (Å²) >= 11 is 7.51. The fourth-order valence-electron chi connectivity index (χ4n) is 1.23. The lowest BCUT2D eigenvalue weighted by Gasteiger charge is -2.06. The van der Waals surface area contributed by atoms with E-state index in [9.17, 15) is 4.79 Å². The predicted octanol–water partition coefficient (Wildman–Crippen LogP) is 3.30. The lowest BCUT2D eigenvalue weighted by Crippen LogP contribution is -2.08. The number of thiol groups is 1. The summed E-state index contributed by atoms with van der Waals surface area (Å²) in [6, 6.07) is 5.34. The summed E-state index contributed by atoms with van der Waals surface area (Å²) in [6.45, 7) is 0.544. The normalized spacial score (nSPS) is 15.1. The molecule has 0 aromatic heterocycles. The molecule has 1 aliphatic rings. The maximum Gasteiger partial charge on any atom is 0.339 e. The Morgan fingerprint density at radius 1 is 1.53 bits per heavy atom. The van der Waals surface area contributed by atoms with Gasteiger partial charge in [0.25, 0.3) is 0 Å². The van der Waals surface area contributed by atoms with E-state index in [0.717, 1.165) is 9.37 Å². The molecule has 0 amide bonds. The van der Waals surface area contributed by atoms with E-state index in [1.54, 1.807) is 12.1 Å². The molecule has 0 aliphatic heterocycles. The smallest absolute Gasteiger partial charge is 0.339 e. The van der Waals surface area contributed by atoms with E-state index in [4.69, 9.17) is 4.74 Å². The Kier molecular flexibility index (Phi) is 3.36. The third-order valence-electron chi connectivity index (χ3n) is 2.32. The molecule has 1 aromatic rings. The van der Waals surface area contributed by atoms with Crippen molar-refractivity contribution in [3.63, 3.8) is 0 Å². The number of benzene rings is 1. The van der Waals surface area contributed by atoms with Crippen LogP contribution in [0.2, 0.25) is 0 Å². The number of carbonyl (C=O) groups excluding carboxylic acids is 1. The Hall–Kier alpha value is -0.480. The predicted molar refractivity (Wildman–Crippen MR) is 64.4 cm³/mol. The Bertz CT molecular complexity index is 388. The van der Waals surface area contributed by atoms with Crippen molar-refractivity contribution in [2.75, 3.05) is 6.61 Å². The van der Waals surface area contributed by atoms with Crippen LogP contribution in [0.15, 0.2) is 27.6 Å². The Morgan fingerprint density at radius 3 is 2.93 bits per heavy atom. The Morgan fingerprint density at radius 2 is 2.27 bits per heavy atom. The van der Waals surface area contributed by atoms with Crippen molar-refractivity contribution in [1.82, 2.24) is 0 Å². The molecule has 0 saturated heterocycles. The van der Waals surface area contributed by atoms with E-state index in [2.05, 4.69) is 28.6 Å². The van der Waals surface area contributed by atoms with Crippen LogP contribution in [0.25, 0.3) is 0 Å². The minimum Gasteiger partial charge on any atom is -0.462 e. The van der Waals surface area contributed by atoms with Crippen LogP contribution in [0.5, 0.6) is 0 Å². The van der Waals surface area contributed by atoms with Crippen LogP contribution < -0.4 is 0 Å². The first-order valence-corrected chi connectivity index (χ1v) is 6.06. The first-order chi connectivity index (χ1) is 7.16. The molecule has 1 saturated carbocycles. The molecule has 15 heavy (non-hydrogen) atoms.